The Bertz CT molecular complexity index is 918. The predicted molar refractivity (Wildman–Crippen MR) is 243 cm³/mol. The van der Waals surface area contributed by atoms with Gasteiger partial charge >= 0.3 is 5.97 Å². The Hall–Kier alpha value is -0.0394. The molecule has 2 fully saturated rings. The van der Waals surface area contributed by atoms with Gasteiger partial charge in [-0.1, -0.05) is 178 Å². The molecule has 0 aromatic heterocycles. The van der Waals surface area contributed by atoms with Gasteiger partial charge in [0.05, 0.1) is 37.4 Å². The van der Waals surface area contributed by atoms with Crippen molar-refractivity contribution in [2.24, 2.45) is 11.8 Å². The van der Waals surface area contributed by atoms with Crippen LogP contribution in [-0.2, 0) is 27.5 Å². The number of carbonyl (C=O) groups is 1. The van der Waals surface area contributed by atoms with Crippen LogP contribution in [0.1, 0.15) is 185 Å². The average molecular weight is 828 g/mol. The van der Waals surface area contributed by atoms with Crippen molar-refractivity contribution >= 4 is 30.9 Å². The fourth-order valence-electron chi connectivity index (χ4n) is 9.56. The van der Waals surface area contributed by atoms with Crippen LogP contribution in [-0.4, -0.2) is 68.6 Å². The summed E-state index contributed by atoms with van der Waals surface area (Å²) in [6, 6.07) is 11.0. The normalized spacial score (nSPS) is 22.9. The second-order valence-corrected chi connectivity index (χ2v) is 30.3. The number of esters is 1. The number of unbranched alkanes of at least 4 members (excludes halogenated alkanes) is 9. The summed E-state index contributed by atoms with van der Waals surface area (Å²) in [5, 5.41) is 0. The van der Waals surface area contributed by atoms with Crippen LogP contribution < -0.4 is 0 Å². The van der Waals surface area contributed by atoms with Crippen LogP contribution in [0.2, 0.25) is 54.4 Å². The van der Waals surface area contributed by atoms with Gasteiger partial charge in [-0.3, -0.25) is 4.79 Å². The lowest BCUT2D eigenvalue weighted by atomic mass is 10.0. The molecule has 0 radical (unpaired) electrons. The van der Waals surface area contributed by atoms with E-state index < -0.39 is 25.0 Å². The van der Waals surface area contributed by atoms with E-state index in [2.05, 4.69) is 62.3 Å². The lowest BCUT2D eigenvalue weighted by Gasteiger charge is -2.47. The Balaban J connectivity index is 2.82. The zero-order valence-electron chi connectivity index (χ0n) is 38.4. The van der Waals surface area contributed by atoms with Crippen molar-refractivity contribution in [2.75, 3.05) is 13.2 Å². The summed E-state index contributed by atoms with van der Waals surface area (Å²) in [5.41, 5.74) is 0. The molecule has 6 nitrogen and oxygen atoms in total. The average Bonchev–Trinajstić information content (AvgIpc) is 3.93. The third-order valence-corrected chi connectivity index (χ3v) is 26.9. The summed E-state index contributed by atoms with van der Waals surface area (Å²) in [6.45, 7) is 23.9. The van der Waals surface area contributed by atoms with Crippen LogP contribution in [0.5, 0.6) is 0 Å². The van der Waals surface area contributed by atoms with E-state index in [0.29, 0.717) is 13.2 Å². The van der Waals surface area contributed by atoms with E-state index in [-0.39, 0.29) is 42.2 Å². The van der Waals surface area contributed by atoms with E-state index in [0.717, 1.165) is 0 Å². The first kappa shape index (κ1) is 51.1. The molecule has 1 saturated heterocycles. The molecule has 0 N–H and O–H groups in total. The highest BCUT2D eigenvalue weighted by Gasteiger charge is 2.68. The Morgan fingerprint density at radius 2 is 0.800 bits per heavy atom. The maximum Gasteiger partial charge on any atom is 0.312 e. The van der Waals surface area contributed by atoms with Crippen LogP contribution in [0, 0.1) is 11.8 Å². The van der Waals surface area contributed by atoms with E-state index in [1.165, 1.54) is 170 Å². The third kappa shape index (κ3) is 16.5. The molecule has 326 valence electrons. The maximum absolute atomic E-state index is 13.8. The largest absolute Gasteiger partial charge is 0.466 e. The highest BCUT2D eigenvalue weighted by molar-refractivity contribution is 6.74. The van der Waals surface area contributed by atoms with E-state index >= 15 is 0 Å². The molecule has 1 aliphatic heterocycles. The van der Waals surface area contributed by atoms with Gasteiger partial charge in [-0.05, 0) is 61.3 Å². The molecule has 0 amide bonds. The van der Waals surface area contributed by atoms with Crippen LogP contribution in [0.25, 0.3) is 0 Å². The van der Waals surface area contributed by atoms with Crippen molar-refractivity contribution in [3.8, 4) is 0 Å². The second kappa shape index (κ2) is 28.4. The molecule has 1 saturated carbocycles. The summed E-state index contributed by atoms with van der Waals surface area (Å²) in [4.78, 5) is 13.8. The summed E-state index contributed by atoms with van der Waals surface area (Å²) in [7, 11) is -6.41. The van der Waals surface area contributed by atoms with Gasteiger partial charge in [-0.25, -0.2) is 0 Å². The van der Waals surface area contributed by atoms with E-state index in [1.807, 2.05) is 6.92 Å². The first-order chi connectivity index (χ1) is 26.7. The molecule has 1 aliphatic carbocycles. The zero-order valence-corrected chi connectivity index (χ0v) is 41.4. The minimum absolute atomic E-state index is 0.00885. The summed E-state index contributed by atoms with van der Waals surface area (Å²) >= 11 is 0. The van der Waals surface area contributed by atoms with E-state index in [1.54, 1.807) is 0 Å². The summed E-state index contributed by atoms with van der Waals surface area (Å²) in [5.74, 6) is -0.357. The number of hydrogen-bond donors (Lipinski definition) is 0. The molecule has 0 spiro atoms. The monoisotopic (exact) mass is 827 g/mol. The molecule has 0 unspecified atom stereocenters. The number of fused-ring (bicyclic) bond motifs is 1. The zero-order chi connectivity index (χ0) is 40.6. The van der Waals surface area contributed by atoms with Gasteiger partial charge in [0.1, 0.15) is 6.10 Å². The van der Waals surface area contributed by atoms with Crippen molar-refractivity contribution in [3.63, 3.8) is 0 Å². The third-order valence-electron chi connectivity index (χ3n) is 13.2. The Morgan fingerprint density at radius 1 is 0.473 bits per heavy atom. The maximum atomic E-state index is 13.8. The fourth-order valence-corrected chi connectivity index (χ4v) is 24.2. The van der Waals surface area contributed by atoms with E-state index in [9.17, 15) is 4.79 Å². The molecule has 6 atom stereocenters. The number of rotatable bonds is 36. The van der Waals surface area contributed by atoms with Crippen molar-refractivity contribution in [1.29, 1.82) is 0 Å². The fraction of sp³-hybridized carbons (Fsp3) is 0.978. The molecule has 9 heteroatoms. The highest BCUT2D eigenvalue weighted by Crippen LogP contribution is 2.54. The molecule has 2 rings (SSSR count). The lowest BCUT2D eigenvalue weighted by Crippen LogP contribution is -2.59. The standard InChI is InChI=1S/C46H94O6Si3/c1-11-21-30-53(31-22-12-2,32-23-13-3)49-39-40-43(51-54(33-24-14-4,34-25-15-5)35-26-16-6)45(41-42(44(41)50-40)46(47)48-20-10)52-55(36-27-17-7,37-28-18-8)38-29-19-9/h40-45H,11-39H2,1-10H3/t40-,41+,42+,43-,44+,45-/m1/s1. The molecule has 1 heterocycles. The smallest absolute Gasteiger partial charge is 0.312 e. The minimum atomic E-state index is -2.20. The van der Waals surface area contributed by atoms with Crippen molar-refractivity contribution < 1.29 is 27.5 Å². The van der Waals surface area contributed by atoms with Gasteiger partial charge in [0, 0.05) is 5.92 Å². The Morgan fingerprint density at radius 3 is 1.13 bits per heavy atom. The molecular weight excluding hydrogens is 733 g/mol. The molecule has 55 heavy (non-hydrogen) atoms. The lowest BCUT2D eigenvalue weighted by molar-refractivity contribution is -0.147. The minimum Gasteiger partial charge on any atom is -0.466 e. The first-order valence-electron chi connectivity index (χ1n) is 24.5. The Kier molecular flexibility index (Phi) is 26.4. The summed E-state index contributed by atoms with van der Waals surface area (Å²) < 4.78 is 36.7. The topological polar surface area (TPSA) is 63.2 Å². The summed E-state index contributed by atoms with van der Waals surface area (Å²) in [6.07, 6.45) is 21.2. The van der Waals surface area contributed by atoms with Crippen LogP contribution in [0.3, 0.4) is 0 Å². The SMILES string of the molecule is CCCC[Si](CCCC)(CCCC)OC[C@H]1O[C@@H]2[C@@H](C(=O)OCC)[C@@H]2[C@@H](O[Si](CCCC)(CCCC)CCCC)[C@@H]1O[Si](CCCC)(CCCC)CCCC. The second-order valence-electron chi connectivity index (χ2n) is 18.0. The van der Waals surface area contributed by atoms with Crippen molar-refractivity contribution in [1.82, 2.24) is 0 Å². The quantitative estimate of drug-likeness (QED) is 0.0463. The van der Waals surface area contributed by atoms with Gasteiger partial charge in [-0.15, -0.1) is 0 Å². The van der Waals surface area contributed by atoms with E-state index in [4.69, 9.17) is 22.8 Å². The molecule has 0 aromatic carbocycles. The number of carbonyl (C=O) groups excluding carboxylic acids is 1. The highest BCUT2D eigenvalue weighted by atomic mass is 28.4. The predicted octanol–water partition coefficient (Wildman–Crippen LogP) is 14.4. The molecule has 0 aromatic rings. The number of hydrogen-bond acceptors (Lipinski definition) is 6. The van der Waals surface area contributed by atoms with Crippen molar-refractivity contribution in [3.05, 3.63) is 0 Å². The van der Waals surface area contributed by atoms with Gasteiger partial charge in [0.25, 0.3) is 0 Å². The van der Waals surface area contributed by atoms with Gasteiger partial charge in [0.15, 0.2) is 25.0 Å². The van der Waals surface area contributed by atoms with Crippen LogP contribution in [0.15, 0.2) is 0 Å². The molecule has 2 aliphatic rings. The van der Waals surface area contributed by atoms with Gasteiger partial charge in [-0.2, -0.15) is 0 Å². The van der Waals surface area contributed by atoms with Gasteiger partial charge in [0.2, 0.25) is 0 Å². The van der Waals surface area contributed by atoms with Crippen LogP contribution in [0.4, 0.5) is 0 Å². The molecular formula is C46H94O6Si3. The number of ether oxygens (including phenoxy) is 2. The molecule has 0 bridgehead atoms. The van der Waals surface area contributed by atoms with Crippen LogP contribution >= 0.6 is 0 Å². The first-order valence-corrected chi connectivity index (χ1v) is 32.1. The Labute approximate surface area is 345 Å². The van der Waals surface area contributed by atoms with Gasteiger partial charge < -0.3 is 22.8 Å². The van der Waals surface area contributed by atoms with Crippen molar-refractivity contribution in [2.45, 2.75) is 264 Å².